The van der Waals surface area contributed by atoms with Gasteiger partial charge in [-0.1, -0.05) is 38.1 Å². The molecule has 0 amide bonds. The van der Waals surface area contributed by atoms with Gasteiger partial charge >= 0.3 is 0 Å². The molecule has 0 spiro atoms. The molecule has 0 aliphatic rings. The molecule has 0 aliphatic carbocycles. The van der Waals surface area contributed by atoms with Gasteiger partial charge in [0.1, 0.15) is 23.0 Å². The number of hydrogen-bond donors (Lipinski definition) is 0. The standard InChI is InChI=1S/C29H36O3/c1-5-29(4,24-13-15-25(16-14-24)30-6-2)21-9-11-23-10-8-12-28(22-23)32-27-19-17-26(18-20-27)31-7-3/h8,10,12-20,22H,5-7,9,11,21H2,1-4H3. The van der Waals surface area contributed by atoms with E-state index in [1.54, 1.807) is 0 Å². The minimum atomic E-state index is 0.168. The van der Waals surface area contributed by atoms with Crippen LogP contribution in [0.15, 0.2) is 72.8 Å². The Bertz CT molecular complexity index is 947. The van der Waals surface area contributed by atoms with E-state index in [1.807, 2.05) is 44.2 Å². The first-order chi connectivity index (χ1) is 15.6. The van der Waals surface area contributed by atoms with Crippen LogP contribution in [-0.2, 0) is 11.8 Å². The highest BCUT2D eigenvalue weighted by Crippen LogP contribution is 2.34. The van der Waals surface area contributed by atoms with Crippen molar-refractivity contribution in [3.63, 3.8) is 0 Å². The Morgan fingerprint density at radius 2 is 1.28 bits per heavy atom. The van der Waals surface area contributed by atoms with E-state index in [-0.39, 0.29) is 5.41 Å². The lowest BCUT2D eigenvalue weighted by atomic mass is 9.76. The monoisotopic (exact) mass is 432 g/mol. The fourth-order valence-electron chi connectivity index (χ4n) is 4.00. The summed E-state index contributed by atoms with van der Waals surface area (Å²) in [5.74, 6) is 3.50. The molecule has 1 atom stereocenters. The molecule has 0 N–H and O–H groups in total. The molecule has 32 heavy (non-hydrogen) atoms. The maximum Gasteiger partial charge on any atom is 0.127 e. The minimum Gasteiger partial charge on any atom is -0.494 e. The average molecular weight is 433 g/mol. The zero-order valence-corrected chi connectivity index (χ0v) is 19.9. The lowest BCUT2D eigenvalue weighted by Gasteiger charge is -2.29. The van der Waals surface area contributed by atoms with Gasteiger partial charge in [-0.15, -0.1) is 0 Å². The first-order valence-electron chi connectivity index (χ1n) is 11.8. The van der Waals surface area contributed by atoms with E-state index in [0.29, 0.717) is 13.2 Å². The van der Waals surface area contributed by atoms with Crippen LogP contribution in [0.5, 0.6) is 23.0 Å². The normalized spacial score (nSPS) is 12.8. The second-order valence-corrected chi connectivity index (χ2v) is 8.38. The van der Waals surface area contributed by atoms with Gasteiger partial charge in [0.25, 0.3) is 0 Å². The molecule has 3 nitrogen and oxygen atoms in total. The molecule has 3 rings (SSSR count). The quantitative estimate of drug-likeness (QED) is 0.290. The lowest BCUT2D eigenvalue weighted by Crippen LogP contribution is -2.21. The maximum absolute atomic E-state index is 6.05. The second kappa shape index (κ2) is 11.6. The summed E-state index contributed by atoms with van der Waals surface area (Å²) in [4.78, 5) is 0. The Balaban J connectivity index is 1.57. The van der Waals surface area contributed by atoms with Gasteiger partial charge in [0.2, 0.25) is 0 Å². The van der Waals surface area contributed by atoms with Gasteiger partial charge in [-0.3, -0.25) is 0 Å². The number of hydrogen-bond acceptors (Lipinski definition) is 3. The van der Waals surface area contributed by atoms with Crippen LogP contribution in [0.4, 0.5) is 0 Å². The van der Waals surface area contributed by atoms with Crippen LogP contribution in [0.25, 0.3) is 0 Å². The van der Waals surface area contributed by atoms with E-state index in [0.717, 1.165) is 48.7 Å². The molecule has 0 radical (unpaired) electrons. The Kier molecular flexibility index (Phi) is 8.61. The van der Waals surface area contributed by atoms with Crippen molar-refractivity contribution in [3.05, 3.63) is 83.9 Å². The van der Waals surface area contributed by atoms with Crippen LogP contribution in [-0.4, -0.2) is 13.2 Å². The molecular weight excluding hydrogens is 396 g/mol. The summed E-state index contributed by atoms with van der Waals surface area (Å²) in [5, 5.41) is 0. The predicted molar refractivity (Wildman–Crippen MR) is 132 cm³/mol. The van der Waals surface area contributed by atoms with Gasteiger partial charge in [0.05, 0.1) is 13.2 Å². The third-order valence-electron chi connectivity index (χ3n) is 6.11. The number of aryl methyl sites for hydroxylation is 1. The molecular formula is C29H36O3. The number of benzene rings is 3. The van der Waals surface area contributed by atoms with Crippen molar-refractivity contribution in [3.8, 4) is 23.0 Å². The van der Waals surface area contributed by atoms with Crippen LogP contribution in [0.1, 0.15) is 58.1 Å². The predicted octanol–water partition coefficient (Wildman–Crippen LogP) is 7.97. The van der Waals surface area contributed by atoms with E-state index >= 15 is 0 Å². The van der Waals surface area contributed by atoms with E-state index in [4.69, 9.17) is 14.2 Å². The summed E-state index contributed by atoms with van der Waals surface area (Å²) < 4.78 is 17.1. The largest absolute Gasteiger partial charge is 0.494 e. The van der Waals surface area contributed by atoms with E-state index in [9.17, 15) is 0 Å². The van der Waals surface area contributed by atoms with Crippen LogP contribution < -0.4 is 14.2 Å². The Morgan fingerprint density at radius 1 is 0.688 bits per heavy atom. The summed E-state index contributed by atoms with van der Waals surface area (Å²) >= 11 is 0. The third-order valence-corrected chi connectivity index (χ3v) is 6.11. The molecule has 0 fully saturated rings. The van der Waals surface area contributed by atoms with Crippen molar-refractivity contribution < 1.29 is 14.2 Å². The lowest BCUT2D eigenvalue weighted by molar-refractivity contribution is 0.339. The van der Waals surface area contributed by atoms with Gasteiger partial charge in [-0.2, -0.15) is 0 Å². The van der Waals surface area contributed by atoms with Crippen molar-refractivity contribution >= 4 is 0 Å². The van der Waals surface area contributed by atoms with Crippen molar-refractivity contribution in [1.82, 2.24) is 0 Å². The Labute approximate surface area is 193 Å². The molecule has 1 unspecified atom stereocenters. The van der Waals surface area contributed by atoms with Gasteiger partial charge in [0.15, 0.2) is 0 Å². The summed E-state index contributed by atoms with van der Waals surface area (Å²) in [7, 11) is 0. The molecule has 0 heterocycles. The second-order valence-electron chi connectivity index (χ2n) is 8.38. The van der Waals surface area contributed by atoms with Crippen molar-refractivity contribution in [2.75, 3.05) is 13.2 Å². The van der Waals surface area contributed by atoms with Crippen molar-refractivity contribution in [2.45, 2.75) is 58.8 Å². The van der Waals surface area contributed by atoms with Crippen LogP contribution in [0.2, 0.25) is 0 Å². The number of rotatable bonds is 12. The number of ether oxygens (including phenoxy) is 3. The van der Waals surface area contributed by atoms with Gasteiger partial charge in [-0.05, 0) is 105 Å². The highest BCUT2D eigenvalue weighted by Gasteiger charge is 2.24. The van der Waals surface area contributed by atoms with Gasteiger partial charge in [-0.25, -0.2) is 0 Å². The highest BCUT2D eigenvalue weighted by atomic mass is 16.5. The fourth-order valence-corrected chi connectivity index (χ4v) is 4.00. The average Bonchev–Trinajstić information content (AvgIpc) is 2.81. The summed E-state index contributed by atoms with van der Waals surface area (Å²) in [6.07, 6.45) is 4.42. The first kappa shape index (κ1) is 23.7. The van der Waals surface area contributed by atoms with Crippen LogP contribution >= 0.6 is 0 Å². The zero-order valence-electron chi connectivity index (χ0n) is 19.9. The topological polar surface area (TPSA) is 27.7 Å². The zero-order chi connectivity index (χ0) is 22.8. The van der Waals surface area contributed by atoms with Gasteiger partial charge < -0.3 is 14.2 Å². The highest BCUT2D eigenvalue weighted by molar-refractivity contribution is 5.37. The molecule has 3 aromatic rings. The first-order valence-corrected chi connectivity index (χ1v) is 11.8. The Hall–Kier alpha value is -2.94. The SMILES string of the molecule is CCOc1ccc(Oc2cccc(CCCC(C)(CC)c3ccc(OCC)cc3)c2)cc1. The van der Waals surface area contributed by atoms with Crippen molar-refractivity contribution in [1.29, 1.82) is 0 Å². The van der Waals surface area contributed by atoms with E-state index < -0.39 is 0 Å². The molecule has 0 bridgehead atoms. The van der Waals surface area contributed by atoms with E-state index in [1.165, 1.54) is 11.1 Å². The summed E-state index contributed by atoms with van der Waals surface area (Å²) in [5.41, 5.74) is 2.86. The molecule has 0 saturated heterocycles. The fraction of sp³-hybridized carbons (Fsp3) is 0.379. The molecule has 3 aromatic carbocycles. The molecule has 0 aromatic heterocycles. The summed E-state index contributed by atoms with van der Waals surface area (Å²) in [6.45, 7) is 10.0. The molecule has 3 heteroatoms. The van der Waals surface area contributed by atoms with Crippen LogP contribution in [0, 0.1) is 0 Å². The minimum absolute atomic E-state index is 0.168. The molecule has 0 aliphatic heterocycles. The third kappa shape index (κ3) is 6.53. The maximum atomic E-state index is 6.05. The Morgan fingerprint density at radius 3 is 1.88 bits per heavy atom. The smallest absolute Gasteiger partial charge is 0.127 e. The van der Waals surface area contributed by atoms with Crippen molar-refractivity contribution in [2.24, 2.45) is 0 Å². The van der Waals surface area contributed by atoms with E-state index in [2.05, 4.69) is 56.3 Å². The molecule has 170 valence electrons. The van der Waals surface area contributed by atoms with Crippen LogP contribution in [0.3, 0.4) is 0 Å². The van der Waals surface area contributed by atoms with Gasteiger partial charge in [0, 0.05) is 0 Å². The molecule has 0 saturated carbocycles. The summed E-state index contributed by atoms with van der Waals surface area (Å²) in [6, 6.07) is 24.8.